The van der Waals surface area contributed by atoms with E-state index < -0.39 is 5.82 Å². The van der Waals surface area contributed by atoms with E-state index in [1.807, 2.05) is 30.7 Å². The van der Waals surface area contributed by atoms with E-state index in [-0.39, 0.29) is 11.1 Å². The second-order valence-electron chi connectivity index (χ2n) is 4.24. The first-order valence-electron chi connectivity index (χ1n) is 6.37. The summed E-state index contributed by atoms with van der Waals surface area (Å²) >= 11 is 5.73. The quantitative estimate of drug-likeness (QED) is 0.910. The van der Waals surface area contributed by atoms with Crippen LogP contribution in [0.3, 0.4) is 0 Å². The Morgan fingerprint density at radius 1 is 1.37 bits per heavy atom. The van der Waals surface area contributed by atoms with E-state index in [1.54, 1.807) is 12.3 Å². The number of aromatic nitrogens is 2. The molecular formula is C14H17ClFN3. The number of nitrogens with one attached hydrogen (secondary N) is 1. The van der Waals surface area contributed by atoms with Crippen molar-refractivity contribution in [2.24, 2.45) is 0 Å². The van der Waals surface area contributed by atoms with Crippen LogP contribution in [0.25, 0.3) is 0 Å². The normalized spacial score (nSPS) is 12.6. The van der Waals surface area contributed by atoms with Crippen LogP contribution in [-0.4, -0.2) is 16.3 Å². The van der Waals surface area contributed by atoms with Gasteiger partial charge >= 0.3 is 0 Å². The zero-order valence-corrected chi connectivity index (χ0v) is 11.8. The molecule has 0 aliphatic rings. The van der Waals surface area contributed by atoms with E-state index in [4.69, 9.17) is 11.6 Å². The maximum absolute atomic E-state index is 13.6. The van der Waals surface area contributed by atoms with Crippen LogP contribution < -0.4 is 5.32 Å². The predicted octanol–water partition coefficient (Wildman–Crippen LogP) is 3.39. The average molecular weight is 282 g/mol. The summed E-state index contributed by atoms with van der Waals surface area (Å²) in [7, 11) is 0. The van der Waals surface area contributed by atoms with E-state index in [0.29, 0.717) is 0 Å². The van der Waals surface area contributed by atoms with Crippen LogP contribution in [0.15, 0.2) is 30.5 Å². The maximum atomic E-state index is 13.6. The molecule has 0 bridgehead atoms. The predicted molar refractivity (Wildman–Crippen MR) is 74.8 cm³/mol. The van der Waals surface area contributed by atoms with Crippen molar-refractivity contribution in [2.75, 3.05) is 6.54 Å². The van der Waals surface area contributed by atoms with Crippen molar-refractivity contribution in [1.29, 1.82) is 0 Å². The van der Waals surface area contributed by atoms with E-state index in [2.05, 4.69) is 10.4 Å². The van der Waals surface area contributed by atoms with Crippen molar-refractivity contribution in [3.63, 3.8) is 0 Å². The van der Waals surface area contributed by atoms with Gasteiger partial charge in [-0.2, -0.15) is 5.10 Å². The molecule has 1 aromatic heterocycles. The summed E-state index contributed by atoms with van der Waals surface area (Å²) < 4.78 is 15.5. The fraction of sp³-hybridized carbons (Fsp3) is 0.357. The Balaban J connectivity index is 2.42. The van der Waals surface area contributed by atoms with Gasteiger partial charge in [0, 0.05) is 12.7 Å². The highest BCUT2D eigenvalue weighted by Crippen LogP contribution is 2.25. The Morgan fingerprint density at radius 2 is 2.16 bits per heavy atom. The van der Waals surface area contributed by atoms with Gasteiger partial charge in [0.05, 0.1) is 16.8 Å². The number of nitrogens with zero attached hydrogens (tertiary/aromatic N) is 2. The van der Waals surface area contributed by atoms with E-state index in [0.717, 1.165) is 24.3 Å². The Kier molecular flexibility index (Phi) is 4.56. The summed E-state index contributed by atoms with van der Waals surface area (Å²) in [4.78, 5) is 0. The lowest BCUT2D eigenvalue weighted by Crippen LogP contribution is -2.25. The number of hydrogen-bond donors (Lipinski definition) is 1. The summed E-state index contributed by atoms with van der Waals surface area (Å²) in [5.74, 6) is -0.398. The average Bonchev–Trinajstić information content (AvgIpc) is 2.87. The smallest absolute Gasteiger partial charge is 0.142 e. The molecule has 1 atom stereocenters. The molecule has 0 fully saturated rings. The van der Waals surface area contributed by atoms with Gasteiger partial charge in [-0.15, -0.1) is 0 Å². The Bertz CT molecular complexity index is 553. The number of rotatable bonds is 5. The molecule has 0 spiro atoms. The molecule has 0 radical (unpaired) electrons. The molecular weight excluding hydrogens is 265 g/mol. The summed E-state index contributed by atoms with van der Waals surface area (Å²) in [5, 5.41) is 7.75. The van der Waals surface area contributed by atoms with Crippen molar-refractivity contribution in [3.05, 3.63) is 52.6 Å². The molecule has 1 unspecified atom stereocenters. The van der Waals surface area contributed by atoms with Gasteiger partial charge in [0.15, 0.2) is 0 Å². The molecule has 5 heteroatoms. The molecule has 1 aromatic carbocycles. The molecule has 3 nitrogen and oxygen atoms in total. The topological polar surface area (TPSA) is 29.9 Å². The lowest BCUT2D eigenvalue weighted by Gasteiger charge is -2.19. The minimum Gasteiger partial charge on any atom is -0.305 e. The van der Waals surface area contributed by atoms with Gasteiger partial charge in [0.2, 0.25) is 0 Å². The minimum absolute atomic E-state index is 0.0841. The van der Waals surface area contributed by atoms with Gasteiger partial charge < -0.3 is 5.32 Å². The highest BCUT2D eigenvalue weighted by molar-refractivity contribution is 6.30. The molecule has 0 saturated heterocycles. The number of halogens is 2. The molecule has 102 valence electrons. The zero-order valence-electron chi connectivity index (χ0n) is 11.0. The fourth-order valence-electron chi connectivity index (χ4n) is 2.14. The van der Waals surface area contributed by atoms with Gasteiger partial charge in [-0.3, -0.25) is 4.68 Å². The molecule has 2 aromatic rings. The van der Waals surface area contributed by atoms with Crippen molar-refractivity contribution in [3.8, 4) is 0 Å². The molecule has 0 aliphatic carbocycles. The summed E-state index contributed by atoms with van der Waals surface area (Å²) in [6.07, 6.45) is 1.76. The summed E-state index contributed by atoms with van der Waals surface area (Å²) in [6.45, 7) is 5.61. The molecule has 19 heavy (non-hydrogen) atoms. The van der Waals surface area contributed by atoms with Crippen molar-refractivity contribution in [1.82, 2.24) is 15.1 Å². The first-order valence-corrected chi connectivity index (χ1v) is 6.75. The molecule has 2 rings (SSSR count). The van der Waals surface area contributed by atoms with Gasteiger partial charge in [0.1, 0.15) is 5.82 Å². The zero-order chi connectivity index (χ0) is 13.8. The monoisotopic (exact) mass is 281 g/mol. The fourth-order valence-corrected chi connectivity index (χ4v) is 2.26. The van der Waals surface area contributed by atoms with E-state index in [9.17, 15) is 4.39 Å². The highest BCUT2D eigenvalue weighted by Gasteiger charge is 2.18. The first-order chi connectivity index (χ1) is 9.17. The third-order valence-electron chi connectivity index (χ3n) is 3.03. The van der Waals surface area contributed by atoms with Gasteiger partial charge in [0.25, 0.3) is 0 Å². The van der Waals surface area contributed by atoms with Crippen LogP contribution >= 0.6 is 11.6 Å². The Hall–Kier alpha value is -1.39. The molecule has 0 amide bonds. The molecule has 1 heterocycles. The van der Waals surface area contributed by atoms with E-state index >= 15 is 0 Å². The highest BCUT2D eigenvalue weighted by atomic mass is 35.5. The van der Waals surface area contributed by atoms with Crippen LogP contribution in [0.2, 0.25) is 5.02 Å². The number of benzene rings is 1. The van der Waals surface area contributed by atoms with Crippen molar-refractivity contribution < 1.29 is 4.39 Å². The second kappa shape index (κ2) is 6.17. The van der Waals surface area contributed by atoms with E-state index in [1.165, 1.54) is 6.07 Å². The number of hydrogen-bond acceptors (Lipinski definition) is 2. The third kappa shape index (κ3) is 2.96. The van der Waals surface area contributed by atoms with Crippen LogP contribution in [0.1, 0.15) is 31.1 Å². The first kappa shape index (κ1) is 14.0. The maximum Gasteiger partial charge on any atom is 0.142 e. The van der Waals surface area contributed by atoms with Gasteiger partial charge in [-0.05, 0) is 37.2 Å². The minimum atomic E-state index is -0.398. The Labute approximate surface area is 117 Å². The van der Waals surface area contributed by atoms with Gasteiger partial charge in [-0.1, -0.05) is 24.6 Å². The third-order valence-corrected chi connectivity index (χ3v) is 3.34. The Morgan fingerprint density at radius 3 is 2.79 bits per heavy atom. The van der Waals surface area contributed by atoms with Crippen LogP contribution in [0, 0.1) is 5.82 Å². The second-order valence-corrected chi connectivity index (χ2v) is 4.64. The SMILES string of the molecule is CCNC(c1ccc(Cl)c(F)c1)c1ccnn1CC. The van der Waals surface area contributed by atoms with Crippen molar-refractivity contribution in [2.45, 2.75) is 26.4 Å². The lowest BCUT2D eigenvalue weighted by molar-refractivity contribution is 0.538. The standard InChI is InChI=1S/C14H17ClFN3/c1-3-17-14(13-7-8-18-19(13)4-2)10-5-6-11(15)12(16)9-10/h5-9,14,17H,3-4H2,1-2H3. The molecule has 0 saturated carbocycles. The van der Waals surface area contributed by atoms with Crippen LogP contribution in [0.4, 0.5) is 4.39 Å². The lowest BCUT2D eigenvalue weighted by atomic mass is 10.0. The van der Waals surface area contributed by atoms with Crippen molar-refractivity contribution >= 4 is 11.6 Å². The van der Waals surface area contributed by atoms with Crippen LogP contribution in [-0.2, 0) is 6.54 Å². The summed E-state index contributed by atoms with van der Waals surface area (Å²) in [5.41, 5.74) is 1.87. The van der Waals surface area contributed by atoms with Gasteiger partial charge in [-0.25, -0.2) is 4.39 Å². The molecule has 0 aliphatic heterocycles. The largest absolute Gasteiger partial charge is 0.305 e. The number of aryl methyl sites for hydroxylation is 1. The summed E-state index contributed by atoms with van der Waals surface area (Å²) in [6, 6.07) is 6.76. The van der Waals surface area contributed by atoms with Crippen LogP contribution in [0.5, 0.6) is 0 Å². The molecule has 1 N–H and O–H groups in total.